The quantitative estimate of drug-likeness (QED) is 0.509. The van der Waals surface area contributed by atoms with Gasteiger partial charge < -0.3 is 9.72 Å². The molecule has 0 fully saturated rings. The molecule has 1 atom stereocenters. The van der Waals surface area contributed by atoms with Crippen LogP contribution >= 0.6 is 23.1 Å². The number of ether oxygens (including phenoxy) is 1. The molecule has 24 heavy (non-hydrogen) atoms. The van der Waals surface area contributed by atoms with Gasteiger partial charge in [0.05, 0.1) is 12.0 Å². The number of carbonyl (C=O) groups excluding carboxylic acids is 1. The Bertz CT molecular complexity index is 838. The lowest BCUT2D eigenvalue weighted by molar-refractivity contribution is -0.145. The number of thiophene rings is 1. The fraction of sp³-hybridized carbons (Fsp3) is 0.588. The number of aromatic nitrogens is 2. The van der Waals surface area contributed by atoms with E-state index < -0.39 is 4.75 Å². The number of hydrogen-bond acceptors (Lipinski definition) is 6. The van der Waals surface area contributed by atoms with Gasteiger partial charge in [0, 0.05) is 4.88 Å². The number of nitrogens with one attached hydrogen (secondary N) is 1. The zero-order valence-corrected chi connectivity index (χ0v) is 16.0. The Morgan fingerprint density at radius 1 is 1.50 bits per heavy atom. The summed E-state index contributed by atoms with van der Waals surface area (Å²) in [6, 6.07) is 0. The summed E-state index contributed by atoms with van der Waals surface area (Å²) in [6.45, 7) is 7.92. The molecule has 3 rings (SSSR count). The molecule has 2 heterocycles. The fourth-order valence-electron chi connectivity index (χ4n) is 2.97. The van der Waals surface area contributed by atoms with Crippen LogP contribution in [-0.4, -0.2) is 27.3 Å². The number of H-pyrrole nitrogens is 1. The van der Waals surface area contributed by atoms with E-state index >= 15 is 0 Å². The Morgan fingerprint density at radius 3 is 2.96 bits per heavy atom. The van der Waals surface area contributed by atoms with Crippen molar-refractivity contribution in [3.8, 4) is 0 Å². The van der Waals surface area contributed by atoms with Gasteiger partial charge in [0.15, 0.2) is 5.16 Å². The average Bonchev–Trinajstić information content (AvgIpc) is 2.84. The highest BCUT2D eigenvalue weighted by atomic mass is 32.2. The van der Waals surface area contributed by atoms with Gasteiger partial charge in [-0.1, -0.05) is 18.7 Å². The minimum absolute atomic E-state index is 0.103. The van der Waals surface area contributed by atoms with E-state index in [4.69, 9.17) is 4.74 Å². The number of nitrogens with zero attached hydrogens (tertiary/aromatic N) is 1. The van der Waals surface area contributed by atoms with Gasteiger partial charge in [0.2, 0.25) is 0 Å². The van der Waals surface area contributed by atoms with E-state index in [2.05, 4.69) is 16.9 Å². The molecule has 1 unspecified atom stereocenters. The molecule has 1 N–H and O–H groups in total. The van der Waals surface area contributed by atoms with E-state index in [9.17, 15) is 9.59 Å². The molecule has 7 heteroatoms. The Morgan fingerprint density at radius 2 is 2.25 bits per heavy atom. The number of esters is 1. The summed E-state index contributed by atoms with van der Waals surface area (Å²) >= 11 is 2.85. The van der Waals surface area contributed by atoms with Gasteiger partial charge in [0.1, 0.15) is 9.58 Å². The summed E-state index contributed by atoms with van der Waals surface area (Å²) in [6.07, 6.45) is 3.08. The van der Waals surface area contributed by atoms with Crippen molar-refractivity contribution in [2.75, 3.05) is 6.61 Å². The Kier molecular flexibility index (Phi) is 4.75. The molecule has 0 bridgehead atoms. The lowest BCUT2D eigenvalue weighted by Gasteiger charge is -2.20. The number of aromatic amines is 1. The number of fused-ring (bicyclic) bond motifs is 3. The van der Waals surface area contributed by atoms with Crippen LogP contribution in [0.25, 0.3) is 10.2 Å². The van der Waals surface area contributed by atoms with E-state index in [1.54, 1.807) is 32.1 Å². The molecule has 130 valence electrons. The molecular formula is C17H22N2O3S2. The Hall–Kier alpha value is -1.34. The second-order valence-electron chi connectivity index (χ2n) is 6.74. The summed E-state index contributed by atoms with van der Waals surface area (Å²) in [5.74, 6) is 0.346. The SMILES string of the molecule is CCOC(=O)C(C)(C)Sc1nc2sc3c(c2c(=O)[nH]1)CCC(C)C3. The van der Waals surface area contributed by atoms with Crippen molar-refractivity contribution in [2.24, 2.45) is 5.92 Å². The Labute approximate surface area is 149 Å². The minimum Gasteiger partial charge on any atom is -0.465 e. The van der Waals surface area contributed by atoms with E-state index in [1.807, 2.05) is 0 Å². The van der Waals surface area contributed by atoms with Gasteiger partial charge in [-0.2, -0.15) is 0 Å². The van der Waals surface area contributed by atoms with Crippen LogP contribution in [0.1, 0.15) is 44.6 Å². The average molecular weight is 367 g/mol. The van der Waals surface area contributed by atoms with Crippen molar-refractivity contribution < 1.29 is 9.53 Å². The summed E-state index contributed by atoms with van der Waals surface area (Å²) < 4.78 is 4.30. The standard InChI is InChI=1S/C17H22N2O3S2/c1-5-22-15(21)17(3,4)24-16-18-13(20)12-10-7-6-9(2)8-11(10)23-14(12)19-16/h9H,5-8H2,1-4H3,(H,18,19,20). The molecule has 2 aromatic rings. The van der Waals surface area contributed by atoms with Crippen LogP contribution in [0.3, 0.4) is 0 Å². The minimum atomic E-state index is -0.801. The van der Waals surface area contributed by atoms with E-state index in [0.717, 1.165) is 29.5 Å². The number of rotatable bonds is 4. The van der Waals surface area contributed by atoms with Crippen LogP contribution in [0.4, 0.5) is 0 Å². The zero-order chi connectivity index (χ0) is 17.5. The van der Waals surface area contributed by atoms with Crippen LogP contribution in [0.15, 0.2) is 9.95 Å². The second-order valence-corrected chi connectivity index (χ2v) is 9.43. The molecule has 0 spiro atoms. The van der Waals surface area contributed by atoms with Gasteiger partial charge in [-0.25, -0.2) is 4.98 Å². The molecule has 0 aliphatic heterocycles. The van der Waals surface area contributed by atoms with Crippen LogP contribution in [0, 0.1) is 5.92 Å². The van der Waals surface area contributed by atoms with Gasteiger partial charge in [-0.05, 0) is 51.5 Å². The monoisotopic (exact) mass is 366 g/mol. The first kappa shape index (κ1) is 17.5. The Balaban J connectivity index is 1.97. The largest absolute Gasteiger partial charge is 0.465 e. The van der Waals surface area contributed by atoms with Crippen LogP contribution in [0.5, 0.6) is 0 Å². The topological polar surface area (TPSA) is 72.0 Å². The third kappa shape index (κ3) is 3.24. The molecule has 1 aliphatic carbocycles. The molecule has 0 saturated heterocycles. The third-order valence-corrected chi connectivity index (χ3v) is 6.47. The third-order valence-electron chi connectivity index (χ3n) is 4.26. The van der Waals surface area contributed by atoms with Gasteiger partial charge in [-0.3, -0.25) is 9.59 Å². The van der Waals surface area contributed by atoms with E-state index in [1.165, 1.54) is 22.2 Å². The maximum Gasteiger partial charge on any atom is 0.322 e. The molecule has 5 nitrogen and oxygen atoms in total. The van der Waals surface area contributed by atoms with Crippen LogP contribution in [-0.2, 0) is 22.4 Å². The highest BCUT2D eigenvalue weighted by Gasteiger charge is 2.32. The zero-order valence-electron chi connectivity index (χ0n) is 14.4. The summed E-state index contributed by atoms with van der Waals surface area (Å²) in [5.41, 5.74) is 1.07. The van der Waals surface area contributed by atoms with Crippen LogP contribution < -0.4 is 5.56 Å². The molecule has 0 amide bonds. The molecule has 1 aliphatic rings. The molecule has 0 aromatic carbocycles. The normalized spacial score (nSPS) is 17.8. The summed E-state index contributed by atoms with van der Waals surface area (Å²) in [4.78, 5) is 34.2. The van der Waals surface area contributed by atoms with Crippen LogP contribution in [0.2, 0.25) is 0 Å². The van der Waals surface area contributed by atoms with Crippen molar-refractivity contribution >= 4 is 39.3 Å². The maximum atomic E-state index is 12.6. The van der Waals surface area contributed by atoms with E-state index in [-0.39, 0.29) is 11.5 Å². The number of aryl methyl sites for hydroxylation is 1. The smallest absolute Gasteiger partial charge is 0.322 e. The van der Waals surface area contributed by atoms with Crippen molar-refractivity contribution in [1.82, 2.24) is 9.97 Å². The number of hydrogen-bond donors (Lipinski definition) is 1. The molecule has 0 saturated carbocycles. The summed E-state index contributed by atoms with van der Waals surface area (Å²) in [7, 11) is 0. The van der Waals surface area contributed by atoms with E-state index in [0.29, 0.717) is 17.7 Å². The first-order valence-electron chi connectivity index (χ1n) is 8.22. The highest BCUT2D eigenvalue weighted by molar-refractivity contribution is 8.01. The maximum absolute atomic E-state index is 12.6. The van der Waals surface area contributed by atoms with Crippen molar-refractivity contribution in [3.63, 3.8) is 0 Å². The van der Waals surface area contributed by atoms with Crippen molar-refractivity contribution in [1.29, 1.82) is 0 Å². The highest BCUT2D eigenvalue weighted by Crippen LogP contribution is 2.37. The lowest BCUT2D eigenvalue weighted by atomic mass is 9.89. The molecule has 2 aromatic heterocycles. The molecule has 0 radical (unpaired) electrons. The fourth-order valence-corrected chi connectivity index (χ4v) is 5.31. The predicted octanol–water partition coefficient (Wildman–Crippen LogP) is 3.54. The molecular weight excluding hydrogens is 344 g/mol. The van der Waals surface area contributed by atoms with Gasteiger partial charge >= 0.3 is 5.97 Å². The predicted molar refractivity (Wildman–Crippen MR) is 98.0 cm³/mol. The lowest BCUT2D eigenvalue weighted by Crippen LogP contribution is -2.30. The van der Waals surface area contributed by atoms with Crippen molar-refractivity contribution in [3.05, 3.63) is 20.8 Å². The van der Waals surface area contributed by atoms with Gasteiger partial charge in [-0.15, -0.1) is 11.3 Å². The number of thioether (sulfide) groups is 1. The first-order chi connectivity index (χ1) is 11.3. The number of carbonyl (C=O) groups is 1. The second kappa shape index (κ2) is 6.52. The van der Waals surface area contributed by atoms with Gasteiger partial charge in [0.25, 0.3) is 5.56 Å². The first-order valence-corrected chi connectivity index (χ1v) is 9.86. The van der Waals surface area contributed by atoms with Crippen molar-refractivity contribution in [2.45, 2.75) is 56.9 Å². The summed E-state index contributed by atoms with van der Waals surface area (Å²) in [5, 5.41) is 1.21.